The number of piperidine rings is 1. The van der Waals surface area contributed by atoms with Gasteiger partial charge in [0.2, 0.25) is 0 Å². The number of anilines is 1. The van der Waals surface area contributed by atoms with E-state index in [0.717, 1.165) is 36.1 Å². The third kappa shape index (κ3) is 3.28. The van der Waals surface area contributed by atoms with Crippen LogP contribution in [0.3, 0.4) is 0 Å². The molecule has 4 nitrogen and oxygen atoms in total. The second kappa shape index (κ2) is 5.92. The number of esters is 1. The predicted octanol–water partition coefficient (Wildman–Crippen LogP) is 2.50. The van der Waals surface area contributed by atoms with Crippen LogP contribution in [0.25, 0.3) is 0 Å². The van der Waals surface area contributed by atoms with Crippen molar-refractivity contribution in [2.45, 2.75) is 18.4 Å². The number of halogens is 1. The molecule has 1 N–H and O–H groups in total. The van der Waals surface area contributed by atoms with Gasteiger partial charge in [-0.1, -0.05) is 15.9 Å². The molecule has 0 radical (unpaired) electrons. The van der Waals surface area contributed by atoms with Crippen molar-refractivity contribution >= 4 is 27.6 Å². The largest absolute Gasteiger partial charge is 0.467 e. The van der Waals surface area contributed by atoms with Crippen molar-refractivity contribution in [2.75, 3.05) is 32.6 Å². The molecule has 0 aromatic heterocycles. The van der Waals surface area contributed by atoms with Gasteiger partial charge in [0.05, 0.1) is 7.11 Å². The van der Waals surface area contributed by atoms with Gasteiger partial charge in [0.25, 0.3) is 0 Å². The van der Waals surface area contributed by atoms with Crippen molar-refractivity contribution in [1.29, 1.82) is 0 Å². The highest BCUT2D eigenvalue weighted by atomic mass is 79.9. The number of methoxy groups -OCH3 is 1. The second-order valence-electron chi connectivity index (χ2n) is 5.01. The lowest BCUT2D eigenvalue weighted by Crippen LogP contribution is -2.54. The minimum absolute atomic E-state index is 0.177. The molecule has 19 heavy (non-hydrogen) atoms. The molecule has 1 aliphatic rings. The third-order valence-corrected chi connectivity index (χ3v) is 4.17. The topological polar surface area (TPSA) is 41.6 Å². The molecule has 0 amide bonds. The van der Waals surface area contributed by atoms with Gasteiger partial charge in [-0.15, -0.1) is 0 Å². The van der Waals surface area contributed by atoms with Crippen LogP contribution in [0.2, 0.25) is 0 Å². The normalized spacial score (nSPS) is 18.9. The number of nitrogens with zero attached hydrogens (tertiary/aromatic N) is 1. The van der Waals surface area contributed by atoms with Gasteiger partial charge in [0.1, 0.15) is 5.54 Å². The Labute approximate surface area is 122 Å². The van der Waals surface area contributed by atoms with Crippen LogP contribution in [0.15, 0.2) is 28.7 Å². The molecule has 104 valence electrons. The maximum atomic E-state index is 12.2. The van der Waals surface area contributed by atoms with Gasteiger partial charge in [0.15, 0.2) is 0 Å². The monoisotopic (exact) mass is 326 g/mol. The molecule has 1 saturated heterocycles. The molecule has 0 saturated carbocycles. The third-order valence-electron chi connectivity index (χ3n) is 3.64. The molecule has 0 unspecified atom stereocenters. The number of likely N-dealkylation sites (tertiary alicyclic amines) is 1. The van der Waals surface area contributed by atoms with Crippen molar-refractivity contribution in [3.8, 4) is 0 Å². The van der Waals surface area contributed by atoms with Gasteiger partial charge in [-0.2, -0.15) is 0 Å². The quantitative estimate of drug-likeness (QED) is 0.866. The Morgan fingerprint density at radius 3 is 2.42 bits per heavy atom. The van der Waals surface area contributed by atoms with Crippen LogP contribution >= 0.6 is 15.9 Å². The SMILES string of the molecule is COC(=O)C1(Nc2ccc(Br)cc2)CCN(C)CC1. The Morgan fingerprint density at radius 1 is 1.32 bits per heavy atom. The van der Waals surface area contributed by atoms with E-state index in [9.17, 15) is 4.79 Å². The summed E-state index contributed by atoms with van der Waals surface area (Å²) in [6, 6.07) is 7.85. The maximum absolute atomic E-state index is 12.2. The highest BCUT2D eigenvalue weighted by Crippen LogP contribution is 2.28. The average Bonchev–Trinajstić information content (AvgIpc) is 2.43. The van der Waals surface area contributed by atoms with Crippen molar-refractivity contribution in [3.63, 3.8) is 0 Å². The highest BCUT2D eigenvalue weighted by Gasteiger charge is 2.41. The number of hydrogen-bond acceptors (Lipinski definition) is 4. The standard InChI is InChI=1S/C14H19BrN2O2/c1-17-9-7-14(8-10-17,13(18)19-2)16-12-5-3-11(15)4-6-12/h3-6,16H,7-10H2,1-2H3. The van der Waals surface area contributed by atoms with E-state index >= 15 is 0 Å². The Bertz CT molecular complexity index is 439. The van der Waals surface area contributed by atoms with Crippen molar-refractivity contribution < 1.29 is 9.53 Å². The molecule has 1 fully saturated rings. The van der Waals surface area contributed by atoms with E-state index in [1.54, 1.807) is 0 Å². The summed E-state index contributed by atoms with van der Waals surface area (Å²) < 4.78 is 6.02. The molecule has 5 heteroatoms. The number of nitrogens with one attached hydrogen (secondary N) is 1. The van der Waals surface area contributed by atoms with E-state index in [1.165, 1.54) is 7.11 Å². The number of carbonyl (C=O) groups is 1. The van der Waals surface area contributed by atoms with Crippen LogP contribution in [0.5, 0.6) is 0 Å². The first-order chi connectivity index (χ1) is 9.05. The summed E-state index contributed by atoms with van der Waals surface area (Å²) in [7, 11) is 3.52. The summed E-state index contributed by atoms with van der Waals surface area (Å²) >= 11 is 3.41. The lowest BCUT2D eigenvalue weighted by molar-refractivity contribution is -0.147. The van der Waals surface area contributed by atoms with Crippen LogP contribution in [0, 0.1) is 0 Å². The van der Waals surface area contributed by atoms with Crippen LogP contribution in [0.1, 0.15) is 12.8 Å². The summed E-state index contributed by atoms with van der Waals surface area (Å²) in [5.41, 5.74) is 0.341. The summed E-state index contributed by atoms with van der Waals surface area (Å²) in [6.45, 7) is 1.78. The minimum Gasteiger partial charge on any atom is -0.467 e. The zero-order valence-electron chi connectivity index (χ0n) is 11.3. The Morgan fingerprint density at radius 2 is 1.89 bits per heavy atom. The molecule has 0 bridgehead atoms. The summed E-state index contributed by atoms with van der Waals surface area (Å²) in [4.78, 5) is 14.4. The van der Waals surface area contributed by atoms with E-state index in [-0.39, 0.29) is 5.97 Å². The van der Waals surface area contributed by atoms with Crippen molar-refractivity contribution in [3.05, 3.63) is 28.7 Å². The van der Waals surface area contributed by atoms with E-state index in [1.807, 2.05) is 24.3 Å². The lowest BCUT2D eigenvalue weighted by atomic mass is 9.87. The van der Waals surface area contributed by atoms with Crippen molar-refractivity contribution in [2.24, 2.45) is 0 Å². The molecular weight excluding hydrogens is 308 g/mol. The number of hydrogen-bond donors (Lipinski definition) is 1. The van der Waals surface area contributed by atoms with Gasteiger partial charge in [0, 0.05) is 23.2 Å². The molecule has 0 aliphatic carbocycles. The summed E-state index contributed by atoms with van der Waals surface area (Å²) in [6.07, 6.45) is 1.51. The van der Waals surface area contributed by atoms with Gasteiger partial charge >= 0.3 is 5.97 Å². The fourth-order valence-corrected chi connectivity index (χ4v) is 2.65. The van der Waals surface area contributed by atoms with E-state index in [2.05, 4.69) is 33.2 Å². The lowest BCUT2D eigenvalue weighted by Gasteiger charge is -2.39. The molecule has 1 aromatic rings. The number of ether oxygens (including phenoxy) is 1. The van der Waals surface area contributed by atoms with E-state index in [4.69, 9.17) is 4.74 Å². The van der Waals surface area contributed by atoms with E-state index < -0.39 is 5.54 Å². The second-order valence-corrected chi connectivity index (χ2v) is 5.92. The van der Waals surface area contributed by atoms with Crippen LogP contribution < -0.4 is 5.32 Å². The molecule has 0 atom stereocenters. The summed E-state index contributed by atoms with van der Waals surface area (Å²) in [5.74, 6) is -0.177. The van der Waals surface area contributed by atoms with Crippen molar-refractivity contribution in [1.82, 2.24) is 4.90 Å². The Kier molecular flexibility index (Phi) is 4.47. The van der Waals surface area contributed by atoms with Crippen LogP contribution in [-0.4, -0.2) is 43.7 Å². The Balaban J connectivity index is 2.18. The van der Waals surface area contributed by atoms with Gasteiger partial charge < -0.3 is 15.0 Å². The molecule has 2 rings (SSSR count). The molecule has 1 heterocycles. The fourth-order valence-electron chi connectivity index (χ4n) is 2.39. The molecule has 1 aromatic carbocycles. The first-order valence-electron chi connectivity index (χ1n) is 6.36. The smallest absolute Gasteiger partial charge is 0.331 e. The zero-order chi connectivity index (χ0) is 13.9. The van der Waals surface area contributed by atoms with Gasteiger partial charge in [-0.3, -0.25) is 0 Å². The Hall–Kier alpha value is -1.07. The predicted molar refractivity (Wildman–Crippen MR) is 79.2 cm³/mol. The zero-order valence-corrected chi connectivity index (χ0v) is 12.9. The van der Waals surface area contributed by atoms with Gasteiger partial charge in [-0.05, 0) is 44.2 Å². The molecular formula is C14H19BrN2O2. The minimum atomic E-state index is -0.602. The van der Waals surface area contributed by atoms with Crippen LogP contribution in [0.4, 0.5) is 5.69 Å². The van der Waals surface area contributed by atoms with E-state index in [0.29, 0.717) is 0 Å². The fraction of sp³-hybridized carbons (Fsp3) is 0.500. The number of benzene rings is 1. The molecule has 0 spiro atoms. The number of rotatable bonds is 3. The average molecular weight is 327 g/mol. The molecule has 1 aliphatic heterocycles. The van der Waals surface area contributed by atoms with Gasteiger partial charge in [-0.25, -0.2) is 4.79 Å². The first kappa shape index (κ1) is 14.3. The number of carbonyl (C=O) groups excluding carboxylic acids is 1. The highest BCUT2D eigenvalue weighted by molar-refractivity contribution is 9.10. The van der Waals surface area contributed by atoms with Crippen LogP contribution in [-0.2, 0) is 9.53 Å². The maximum Gasteiger partial charge on any atom is 0.331 e. The first-order valence-corrected chi connectivity index (χ1v) is 7.16. The summed E-state index contributed by atoms with van der Waals surface area (Å²) in [5, 5.41) is 3.37.